The van der Waals surface area contributed by atoms with E-state index in [4.69, 9.17) is 16.3 Å². The van der Waals surface area contributed by atoms with Gasteiger partial charge in [-0.25, -0.2) is 9.97 Å². The van der Waals surface area contributed by atoms with Gasteiger partial charge >= 0.3 is 0 Å². The third kappa shape index (κ3) is 2.29. The SMILES string of the molecule is COc1cc(-c2ccc3nc(C)sc3c2)cnc1Cl. The summed E-state index contributed by atoms with van der Waals surface area (Å²) in [6, 6.07) is 8.07. The van der Waals surface area contributed by atoms with Crippen LogP contribution in [-0.2, 0) is 0 Å². The lowest BCUT2D eigenvalue weighted by Gasteiger charge is -2.06. The van der Waals surface area contributed by atoms with Crippen molar-refractivity contribution in [1.29, 1.82) is 0 Å². The van der Waals surface area contributed by atoms with Gasteiger partial charge in [-0.2, -0.15) is 0 Å². The van der Waals surface area contributed by atoms with Crippen molar-refractivity contribution in [2.75, 3.05) is 7.11 Å². The molecule has 0 unspecified atom stereocenters. The van der Waals surface area contributed by atoms with E-state index in [1.807, 2.05) is 25.1 Å². The van der Waals surface area contributed by atoms with Gasteiger partial charge in [0.15, 0.2) is 10.9 Å². The van der Waals surface area contributed by atoms with Gasteiger partial charge in [0, 0.05) is 11.8 Å². The Labute approximate surface area is 119 Å². The van der Waals surface area contributed by atoms with Gasteiger partial charge in [0.25, 0.3) is 0 Å². The van der Waals surface area contributed by atoms with E-state index in [1.54, 1.807) is 24.6 Å². The van der Waals surface area contributed by atoms with Crippen LogP contribution in [0.1, 0.15) is 5.01 Å². The Bertz CT molecular complexity index is 754. The summed E-state index contributed by atoms with van der Waals surface area (Å²) in [6.45, 7) is 2.01. The molecular formula is C14H11ClN2OS. The number of thiazole rings is 1. The van der Waals surface area contributed by atoms with Gasteiger partial charge in [-0.1, -0.05) is 17.7 Å². The Morgan fingerprint density at radius 3 is 2.84 bits per heavy atom. The summed E-state index contributed by atoms with van der Waals surface area (Å²) < 4.78 is 6.36. The Balaban J connectivity index is 2.12. The molecule has 0 radical (unpaired) electrons. The number of hydrogen-bond acceptors (Lipinski definition) is 4. The summed E-state index contributed by atoms with van der Waals surface area (Å²) in [5.74, 6) is 0.583. The Morgan fingerprint density at radius 1 is 1.21 bits per heavy atom. The molecule has 2 heterocycles. The van der Waals surface area contributed by atoms with Gasteiger partial charge in [0.05, 0.1) is 22.3 Å². The minimum absolute atomic E-state index is 0.376. The van der Waals surface area contributed by atoms with Gasteiger partial charge in [0.2, 0.25) is 0 Å². The number of aromatic nitrogens is 2. The van der Waals surface area contributed by atoms with Crippen molar-refractivity contribution < 1.29 is 4.74 Å². The summed E-state index contributed by atoms with van der Waals surface area (Å²) >= 11 is 7.62. The van der Waals surface area contributed by atoms with E-state index in [-0.39, 0.29) is 0 Å². The predicted octanol–water partition coefficient (Wildman–Crippen LogP) is 4.33. The summed E-state index contributed by atoms with van der Waals surface area (Å²) in [5.41, 5.74) is 3.09. The molecule has 19 heavy (non-hydrogen) atoms. The van der Waals surface area contributed by atoms with Crippen LogP contribution in [0.2, 0.25) is 5.15 Å². The second-order valence-electron chi connectivity index (χ2n) is 4.13. The van der Waals surface area contributed by atoms with E-state index in [1.165, 1.54) is 4.70 Å². The van der Waals surface area contributed by atoms with Crippen LogP contribution >= 0.6 is 22.9 Å². The molecule has 0 N–H and O–H groups in total. The lowest BCUT2D eigenvalue weighted by Crippen LogP contribution is -1.88. The summed E-state index contributed by atoms with van der Waals surface area (Å²) in [6.07, 6.45) is 1.75. The van der Waals surface area contributed by atoms with Crippen LogP contribution < -0.4 is 4.74 Å². The number of pyridine rings is 1. The average molecular weight is 291 g/mol. The Hall–Kier alpha value is -1.65. The summed E-state index contributed by atoms with van der Waals surface area (Å²) in [7, 11) is 1.59. The van der Waals surface area contributed by atoms with Crippen molar-refractivity contribution in [1.82, 2.24) is 9.97 Å². The fourth-order valence-electron chi connectivity index (χ4n) is 1.95. The zero-order chi connectivity index (χ0) is 13.4. The molecule has 0 bridgehead atoms. The van der Waals surface area contributed by atoms with E-state index in [0.717, 1.165) is 21.7 Å². The first-order chi connectivity index (χ1) is 9.17. The average Bonchev–Trinajstić information content (AvgIpc) is 2.78. The van der Waals surface area contributed by atoms with Gasteiger partial charge < -0.3 is 4.74 Å². The molecule has 5 heteroatoms. The van der Waals surface area contributed by atoms with Crippen LogP contribution in [-0.4, -0.2) is 17.1 Å². The number of aryl methyl sites for hydroxylation is 1. The van der Waals surface area contributed by atoms with Crippen molar-refractivity contribution in [2.24, 2.45) is 0 Å². The smallest absolute Gasteiger partial charge is 0.171 e. The highest BCUT2D eigenvalue weighted by Crippen LogP contribution is 2.31. The molecule has 0 atom stereocenters. The molecule has 0 amide bonds. The lowest BCUT2D eigenvalue weighted by molar-refractivity contribution is 0.413. The molecule has 0 aliphatic carbocycles. The van der Waals surface area contributed by atoms with E-state index in [0.29, 0.717) is 10.9 Å². The molecule has 0 saturated heterocycles. The maximum atomic E-state index is 5.94. The third-order valence-electron chi connectivity index (χ3n) is 2.86. The molecule has 3 rings (SSSR count). The molecule has 0 aliphatic rings. The molecule has 1 aromatic carbocycles. The molecule has 96 valence electrons. The maximum Gasteiger partial charge on any atom is 0.171 e. The topological polar surface area (TPSA) is 35.0 Å². The minimum Gasteiger partial charge on any atom is -0.494 e. The standard InChI is InChI=1S/C14H11ClN2OS/c1-8-17-11-4-3-9(6-13(11)19-8)10-5-12(18-2)14(15)16-7-10/h3-7H,1-2H3. The summed E-state index contributed by atoms with van der Waals surface area (Å²) in [4.78, 5) is 8.59. The van der Waals surface area contributed by atoms with E-state index < -0.39 is 0 Å². The highest BCUT2D eigenvalue weighted by molar-refractivity contribution is 7.18. The molecule has 0 aliphatic heterocycles. The Morgan fingerprint density at radius 2 is 2.05 bits per heavy atom. The van der Waals surface area contributed by atoms with Crippen LogP contribution in [0.5, 0.6) is 5.75 Å². The molecule has 3 nitrogen and oxygen atoms in total. The number of ether oxygens (including phenoxy) is 1. The molecule has 0 fully saturated rings. The van der Waals surface area contributed by atoms with Gasteiger partial charge in [-0.05, 0) is 30.7 Å². The monoisotopic (exact) mass is 290 g/mol. The van der Waals surface area contributed by atoms with Crippen molar-refractivity contribution in [2.45, 2.75) is 6.92 Å². The second-order valence-corrected chi connectivity index (χ2v) is 5.73. The molecule has 2 aromatic heterocycles. The third-order valence-corrected chi connectivity index (χ3v) is 4.07. The quantitative estimate of drug-likeness (QED) is 0.659. The molecule has 3 aromatic rings. The zero-order valence-corrected chi connectivity index (χ0v) is 12.0. The molecule has 0 spiro atoms. The highest BCUT2D eigenvalue weighted by atomic mass is 35.5. The largest absolute Gasteiger partial charge is 0.494 e. The lowest BCUT2D eigenvalue weighted by atomic mass is 10.1. The first kappa shape index (κ1) is 12.4. The van der Waals surface area contributed by atoms with Crippen LogP contribution in [0, 0.1) is 6.92 Å². The van der Waals surface area contributed by atoms with Gasteiger partial charge in [0.1, 0.15) is 0 Å². The van der Waals surface area contributed by atoms with Crippen LogP contribution in [0.4, 0.5) is 0 Å². The fraction of sp³-hybridized carbons (Fsp3) is 0.143. The van der Waals surface area contributed by atoms with Crippen molar-refractivity contribution in [3.8, 4) is 16.9 Å². The van der Waals surface area contributed by atoms with Crippen LogP contribution in [0.25, 0.3) is 21.3 Å². The normalized spacial score (nSPS) is 10.9. The fourth-order valence-corrected chi connectivity index (χ4v) is 3.00. The molecular weight excluding hydrogens is 280 g/mol. The minimum atomic E-state index is 0.376. The first-order valence-electron chi connectivity index (χ1n) is 5.74. The second kappa shape index (κ2) is 4.79. The van der Waals surface area contributed by atoms with Crippen molar-refractivity contribution >= 4 is 33.2 Å². The molecule has 0 saturated carbocycles. The van der Waals surface area contributed by atoms with Crippen LogP contribution in [0.15, 0.2) is 30.5 Å². The zero-order valence-electron chi connectivity index (χ0n) is 10.5. The van der Waals surface area contributed by atoms with Crippen molar-refractivity contribution in [3.05, 3.63) is 40.6 Å². The number of rotatable bonds is 2. The number of methoxy groups -OCH3 is 1. The van der Waals surface area contributed by atoms with E-state index >= 15 is 0 Å². The number of hydrogen-bond donors (Lipinski definition) is 0. The first-order valence-corrected chi connectivity index (χ1v) is 6.94. The number of fused-ring (bicyclic) bond motifs is 1. The maximum absolute atomic E-state index is 5.94. The predicted molar refractivity (Wildman–Crippen MR) is 79.2 cm³/mol. The number of nitrogens with zero attached hydrogens (tertiary/aromatic N) is 2. The number of benzene rings is 1. The van der Waals surface area contributed by atoms with Gasteiger partial charge in [-0.15, -0.1) is 11.3 Å². The van der Waals surface area contributed by atoms with Crippen molar-refractivity contribution in [3.63, 3.8) is 0 Å². The summed E-state index contributed by atoms with van der Waals surface area (Å²) in [5, 5.41) is 1.44. The Kier molecular flexibility index (Phi) is 3.12. The van der Waals surface area contributed by atoms with E-state index in [2.05, 4.69) is 16.0 Å². The number of halogens is 1. The highest BCUT2D eigenvalue weighted by Gasteiger charge is 2.07. The van der Waals surface area contributed by atoms with Crippen LogP contribution in [0.3, 0.4) is 0 Å². The van der Waals surface area contributed by atoms with E-state index in [9.17, 15) is 0 Å². The van der Waals surface area contributed by atoms with Gasteiger partial charge in [-0.3, -0.25) is 0 Å².